The molecule has 3 aromatic rings. The summed E-state index contributed by atoms with van der Waals surface area (Å²) >= 11 is 12.6. The van der Waals surface area contributed by atoms with Gasteiger partial charge < -0.3 is 24.6 Å². The van der Waals surface area contributed by atoms with Crippen LogP contribution in [0, 0.1) is 0 Å². The third-order valence-corrected chi connectivity index (χ3v) is 8.38. The fourth-order valence-corrected chi connectivity index (χ4v) is 5.60. The number of halogens is 2. The second kappa shape index (κ2) is 13.5. The Morgan fingerprint density at radius 3 is 2.48 bits per heavy atom. The molecule has 0 aliphatic carbocycles. The van der Waals surface area contributed by atoms with Crippen molar-refractivity contribution in [1.82, 2.24) is 4.90 Å². The van der Waals surface area contributed by atoms with Crippen molar-refractivity contribution in [2.45, 2.75) is 25.7 Å². The van der Waals surface area contributed by atoms with Gasteiger partial charge in [-0.3, -0.25) is 14.6 Å². The molecule has 0 spiro atoms. The first-order valence-corrected chi connectivity index (χ1v) is 14.7. The number of benzene rings is 3. The van der Waals surface area contributed by atoms with Gasteiger partial charge in [-0.2, -0.15) is 0 Å². The normalized spacial score (nSPS) is 15.4. The number of amides is 1. The van der Waals surface area contributed by atoms with Crippen molar-refractivity contribution in [2.75, 3.05) is 55.9 Å². The zero-order valence-electron chi connectivity index (χ0n) is 23.1. The van der Waals surface area contributed by atoms with Gasteiger partial charge in [0.15, 0.2) is 18.2 Å². The molecule has 1 fully saturated rings. The number of hydrogen-bond donors (Lipinski definition) is 2. The van der Waals surface area contributed by atoms with E-state index in [1.54, 1.807) is 6.07 Å². The van der Waals surface area contributed by atoms with Gasteiger partial charge in [-0.1, -0.05) is 35.3 Å². The molecule has 42 heavy (non-hydrogen) atoms. The van der Waals surface area contributed by atoms with E-state index in [-0.39, 0.29) is 24.0 Å². The molecule has 0 bridgehead atoms. The Balaban J connectivity index is 1.08. The van der Waals surface area contributed by atoms with Gasteiger partial charge in [-0.25, -0.2) is 4.79 Å². The Hall–Kier alpha value is -3.66. The zero-order valence-corrected chi connectivity index (χ0v) is 24.6. The number of anilines is 2. The van der Waals surface area contributed by atoms with Gasteiger partial charge in [-0.15, -0.1) is 0 Å². The van der Waals surface area contributed by atoms with E-state index in [4.69, 9.17) is 32.7 Å². The van der Waals surface area contributed by atoms with Gasteiger partial charge in [0.2, 0.25) is 5.91 Å². The predicted molar refractivity (Wildman–Crippen MR) is 162 cm³/mol. The molecule has 2 aliphatic rings. The number of ether oxygens (including phenoxy) is 2. The van der Waals surface area contributed by atoms with E-state index in [1.165, 1.54) is 17.0 Å². The monoisotopic (exact) mass is 613 g/mol. The van der Waals surface area contributed by atoms with Crippen LogP contribution in [0.1, 0.15) is 35.2 Å². The van der Waals surface area contributed by atoms with Crippen molar-refractivity contribution >= 4 is 46.5 Å². The molecule has 0 aromatic heterocycles. The first kappa shape index (κ1) is 29.8. The summed E-state index contributed by atoms with van der Waals surface area (Å²) in [6.07, 6.45) is 2.79. The number of rotatable bonds is 10. The average Bonchev–Trinajstić information content (AvgIpc) is 2.99. The number of carbonyl (C=O) groups is 2. The third-order valence-electron chi connectivity index (χ3n) is 7.57. The summed E-state index contributed by atoms with van der Waals surface area (Å²) in [7, 11) is 0. The van der Waals surface area contributed by atoms with Gasteiger partial charge in [0.25, 0.3) is 0 Å². The standard InChI is InChI=1S/C31H33Cl2N3O6/c32-24-4-3-5-25(30(24)33)35-15-13-34(14-16-35)12-1-2-17-41-23-9-6-21-8-11-29(39)36(26(21)19-23)20-42-31(40)22-7-10-27(37)28(38)18-22/h3-7,9-10,18-19,37-38H,1-2,8,11-17,20H2. The lowest BCUT2D eigenvalue weighted by atomic mass is 10.0. The number of nitrogens with zero attached hydrogens (tertiary/aromatic N) is 3. The minimum Gasteiger partial charge on any atom is -0.504 e. The van der Waals surface area contributed by atoms with Crippen LogP contribution in [0.4, 0.5) is 11.4 Å². The molecule has 2 heterocycles. The molecule has 222 valence electrons. The Labute approximate surface area is 254 Å². The second-order valence-corrected chi connectivity index (χ2v) is 11.1. The number of unbranched alkanes of at least 4 members (excludes halogenated alkanes) is 1. The molecule has 1 saturated heterocycles. The molecule has 3 aromatic carbocycles. The maximum Gasteiger partial charge on any atom is 0.340 e. The first-order valence-electron chi connectivity index (χ1n) is 14.0. The van der Waals surface area contributed by atoms with Crippen LogP contribution in [0.5, 0.6) is 17.2 Å². The highest BCUT2D eigenvalue weighted by Crippen LogP contribution is 2.34. The topological polar surface area (TPSA) is 103 Å². The van der Waals surface area contributed by atoms with E-state index in [1.807, 2.05) is 30.3 Å². The largest absolute Gasteiger partial charge is 0.504 e. The molecule has 1 amide bonds. The van der Waals surface area contributed by atoms with E-state index >= 15 is 0 Å². The van der Waals surface area contributed by atoms with Crippen LogP contribution in [0.3, 0.4) is 0 Å². The molecule has 0 radical (unpaired) electrons. The summed E-state index contributed by atoms with van der Waals surface area (Å²) in [5.41, 5.74) is 2.68. The Morgan fingerprint density at radius 1 is 0.881 bits per heavy atom. The van der Waals surface area contributed by atoms with E-state index in [0.717, 1.165) is 62.9 Å². The Kier molecular flexibility index (Phi) is 9.62. The number of phenols is 2. The predicted octanol–water partition coefficient (Wildman–Crippen LogP) is 5.48. The summed E-state index contributed by atoms with van der Waals surface area (Å²) in [5, 5.41) is 20.3. The lowest BCUT2D eigenvalue weighted by Gasteiger charge is -2.36. The highest BCUT2D eigenvalue weighted by molar-refractivity contribution is 6.43. The van der Waals surface area contributed by atoms with Crippen molar-refractivity contribution in [1.29, 1.82) is 0 Å². The number of fused-ring (bicyclic) bond motifs is 1. The zero-order chi connectivity index (χ0) is 29.6. The third kappa shape index (κ3) is 7.03. The summed E-state index contributed by atoms with van der Waals surface area (Å²) in [4.78, 5) is 31.3. The number of carbonyl (C=O) groups excluding carboxylic acids is 2. The number of hydrogen-bond acceptors (Lipinski definition) is 8. The van der Waals surface area contributed by atoms with Gasteiger partial charge in [0.05, 0.1) is 33.6 Å². The van der Waals surface area contributed by atoms with Crippen molar-refractivity contribution < 1.29 is 29.3 Å². The van der Waals surface area contributed by atoms with Gasteiger partial charge in [-0.05, 0) is 67.8 Å². The van der Waals surface area contributed by atoms with Crippen LogP contribution in [0.25, 0.3) is 0 Å². The molecule has 2 aliphatic heterocycles. The molecule has 11 heteroatoms. The van der Waals surface area contributed by atoms with Crippen LogP contribution in [0.2, 0.25) is 10.0 Å². The highest BCUT2D eigenvalue weighted by atomic mass is 35.5. The molecule has 0 atom stereocenters. The van der Waals surface area contributed by atoms with E-state index in [9.17, 15) is 19.8 Å². The SMILES string of the molecule is O=C(OCN1C(=O)CCc2ccc(OCCCCN3CCN(c4cccc(Cl)c4Cl)CC3)cc21)c1ccc(O)c(O)c1. The summed E-state index contributed by atoms with van der Waals surface area (Å²) in [6, 6.07) is 15.1. The molecular formula is C31H33Cl2N3O6. The van der Waals surface area contributed by atoms with E-state index < -0.39 is 11.7 Å². The van der Waals surface area contributed by atoms with Crippen LogP contribution < -0.4 is 14.5 Å². The number of aryl methyl sites for hydroxylation is 1. The maximum atomic E-state index is 12.7. The lowest BCUT2D eigenvalue weighted by molar-refractivity contribution is -0.119. The summed E-state index contributed by atoms with van der Waals surface area (Å²) < 4.78 is 11.4. The van der Waals surface area contributed by atoms with Gasteiger partial charge in [0.1, 0.15) is 5.75 Å². The van der Waals surface area contributed by atoms with Crippen LogP contribution in [-0.4, -0.2) is 73.1 Å². The van der Waals surface area contributed by atoms with Crippen molar-refractivity contribution in [2.24, 2.45) is 0 Å². The Bertz CT molecular complexity index is 1440. The Morgan fingerprint density at radius 2 is 1.69 bits per heavy atom. The van der Waals surface area contributed by atoms with Gasteiger partial charge in [0, 0.05) is 38.7 Å². The molecule has 0 saturated carbocycles. The molecule has 5 rings (SSSR count). The van der Waals surface area contributed by atoms with E-state index in [0.29, 0.717) is 40.9 Å². The highest BCUT2D eigenvalue weighted by Gasteiger charge is 2.26. The quantitative estimate of drug-likeness (QED) is 0.176. The van der Waals surface area contributed by atoms with Crippen LogP contribution in [-0.2, 0) is 16.0 Å². The van der Waals surface area contributed by atoms with Crippen molar-refractivity contribution in [3.63, 3.8) is 0 Å². The molecular weight excluding hydrogens is 581 g/mol. The van der Waals surface area contributed by atoms with Crippen molar-refractivity contribution in [3.8, 4) is 17.2 Å². The number of piperazine rings is 1. The minimum atomic E-state index is -0.715. The fraction of sp³-hybridized carbons (Fsp3) is 0.355. The lowest BCUT2D eigenvalue weighted by Crippen LogP contribution is -2.46. The van der Waals surface area contributed by atoms with Crippen LogP contribution in [0.15, 0.2) is 54.6 Å². The van der Waals surface area contributed by atoms with Crippen molar-refractivity contribution in [3.05, 3.63) is 75.8 Å². The fourth-order valence-electron chi connectivity index (χ4n) is 5.18. The van der Waals surface area contributed by atoms with Crippen LogP contribution >= 0.6 is 23.2 Å². The maximum absolute atomic E-state index is 12.7. The summed E-state index contributed by atoms with van der Waals surface area (Å²) in [5.74, 6) is -0.980. The number of phenolic OH excluding ortho intramolecular Hbond substituents is 2. The number of aromatic hydroxyl groups is 2. The molecule has 9 nitrogen and oxygen atoms in total. The second-order valence-electron chi connectivity index (χ2n) is 10.3. The first-order chi connectivity index (χ1) is 20.3. The minimum absolute atomic E-state index is 0.0689. The number of esters is 1. The van der Waals surface area contributed by atoms with Gasteiger partial charge >= 0.3 is 5.97 Å². The molecule has 0 unspecified atom stereocenters. The summed E-state index contributed by atoms with van der Waals surface area (Å²) in [6.45, 7) is 4.96. The molecule has 2 N–H and O–H groups in total. The smallest absolute Gasteiger partial charge is 0.340 e. The average molecular weight is 615 g/mol. The van der Waals surface area contributed by atoms with E-state index in [2.05, 4.69) is 9.80 Å².